The molecule has 0 atom stereocenters. The summed E-state index contributed by atoms with van der Waals surface area (Å²) in [6.45, 7) is 11.2. The van der Waals surface area contributed by atoms with E-state index in [0.29, 0.717) is 5.41 Å². The molecule has 0 radical (unpaired) electrons. The molecular weight excluding hydrogens is 186 g/mol. The summed E-state index contributed by atoms with van der Waals surface area (Å²) in [5.41, 5.74) is 0.482. The molecule has 0 amide bonds. The highest BCUT2D eigenvalue weighted by atomic mass is 16.5. The van der Waals surface area contributed by atoms with Crippen LogP contribution in [0.5, 0.6) is 0 Å². The van der Waals surface area contributed by atoms with Gasteiger partial charge in [-0.1, -0.05) is 20.8 Å². The molecule has 1 aliphatic heterocycles. The van der Waals surface area contributed by atoms with Gasteiger partial charge in [-0.25, -0.2) is 0 Å². The van der Waals surface area contributed by atoms with Crippen LogP contribution in [0.25, 0.3) is 0 Å². The van der Waals surface area contributed by atoms with E-state index in [1.807, 2.05) is 0 Å². The molecule has 1 aliphatic rings. The van der Waals surface area contributed by atoms with Crippen molar-refractivity contribution < 1.29 is 4.74 Å². The second-order valence-corrected chi connectivity index (χ2v) is 5.64. The van der Waals surface area contributed by atoms with E-state index in [-0.39, 0.29) is 0 Å². The number of ether oxygens (including phenoxy) is 1. The van der Waals surface area contributed by atoms with Crippen LogP contribution in [-0.2, 0) is 4.74 Å². The van der Waals surface area contributed by atoms with Crippen molar-refractivity contribution in [3.05, 3.63) is 0 Å². The topological polar surface area (TPSA) is 21.3 Å². The van der Waals surface area contributed by atoms with Crippen molar-refractivity contribution in [1.29, 1.82) is 0 Å². The highest BCUT2D eigenvalue weighted by Crippen LogP contribution is 2.28. The van der Waals surface area contributed by atoms with Crippen molar-refractivity contribution >= 4 is 0 Å². The zero-order valence-corrected chi connectivity index (χ0v) is 10.6. The Morgan fingerprint density at radius 1 is 1.27 bits per heavy atom. The lowest BCUT2D eigenvalue weighted by Gasteiger charge is -2.33. The lowest BCUT2D eigenvalue weighted by atomic mass is 9.82. The van der Waals surface area contributed by atoms with E-state index >= 15 is 0 Å². The fourth-order valence-electron chi connectivity index (χ4n) is 2.07. The number of nitrogens with one attached hydrogen (secondary N) is 1. The van der Waals surface area contributed by atoms with Gasteiger partial charge in [-0.3, -0.25) is 0 Å². The first kappa shape index (κ1) is 13.0. The molecule has 0 saturated carbocycles. The summed E-state index contributed by atoms with van der Waals surface area (Å²) in [5, 5.41) is 3.60. The first-order chi connectivity index (χ1) is 7.12. The van der Waals surface area contributed by atoms with Crippen molar-refractivity contribution in [2.75, 3.05) is 26.3 Å². The quantitative estimate of drug-likeness (QED) is 0.685. The molecular formula is C13H27NO. The van der Waals surface area contributed by atoms with Crippen LogP contribution in [0.4, 0.5) is 0 Å². The lowest BCUT2D eigenvalue weighted by molar-refractivity contribution is 0.0242. The van der Waals surface area contributed by atoms with Gasteiger partial charge in [0.05, 0.1) is 0 Å². The van der Waals surface area contributed by atoms with Gasteiger partial charge < -0.3 is 10.1 Å². The van der Waals surface area contributed by atoms with Crippen molar-refractivity contribution in [3.63, 3.8) is 0 Å². The Balaban J connectivity index is 2.03. The van der Waals surface area contributed by atoms with E-state index in [9.17, 15) is 0 Å². The van der Waals surface area contributed by atoms with Crippen LogP contribution < -0.4 is 5.32 Å². The predicted molar refractivity (Wildman–Crippen MR) is 65.1 cm³/mol. The Labute approximate surface area is 94.8 Å². The van der Waals surface area contributed by atoms with Gasteiger partial charge in [-0.2, -0.15) is 0 Å². The van der Waals surface area contributed by atoms with Gasteiger partial charge in [0.2, 0.25) is 0 Å². The van der Waals surface area contributed by atoms with Gasteiger partial charge in [0.15, 0.2) is 0 Å². The smallest absolute Gasteiger partial charge is 0.0471 e. The molecule has 1 N–H and O–H groups in total. The molecule has 0 spiro atoms. The van der Waals surface area contributed by atoms with Crippen molar-refractivity contribution in [3.8, 4) is 0 Å². The SMILES string of the molecule is CC(C)CCCNCC1(C)CCOCC1. The molecule has 1 saturated heterocycles. The molecule has 1 heterocycles. The number of hydrogen-bond acceptors (Lipinski definition) is 2. The van der Waals surface area contributed by atoms with Crippen LogP contribution in [0.2, 0.25) is 0 Å². The summed E-state index contributed by atoms with van der Waals surface area (Å²) in [6, 6.07) is 0. The third-order valence-corrected chi connectivity index (χ3v) is 3.39. The highest BCUT2D eigenvalue weighted by molar-refractivity contribution is 4.79. The van der Waals surface area contributed by atoms with Crippen LogP contribution in [0.15, 0.2) is 0 Å². The molecule has 1 rings (SSSR count). The Hall–Kier alpha value is -0.0800. The zero-order valence-electron chi connectivity index (χ0n) is 10.6. The minimum Gasteiger partial charge on any atom is -0.381 e. The van der Waals surface area contributed by atoms with Crippen LogP contribution in [-0.4, -0.2) is 26.3 Å². The van der Waals surface area contributed by atoms with Crippen LogP contribution in [0, 0.1) is 11.3 Å². The van der Waals surface area contributed by atoms with E-state index in [1.165, 1.54) is 32.2 Å². The summed E-state index contributed by atoms with van der Waals surface area (Å²) in [7, 11) is 0. The maximum absolute atomic E-state index is 5.40. The molecule has 0 aromatic rings. The first-order valence-electron chi connectivity index (χ1n) is 6.41. The van der Waals surface area contributed by atoms with Gasteiger partial charge >= 0.3 is 0 Å². The van der Waals surface area contributed by atoms with Gasteiger partial charge in [-0.05, 0) is 43.6 Å². The van der Waals surface area contributed by atoms with Crippen LogP contribution >= 0.6 is 0 Å². The lowest BCUT2D eigenvalue weighted by Crippen LogP contribution is -2.37. The van der Waals surface area contributed by atoms with E-state index in [0.717, 1.165) is 25.7 Å². The van der Waals surface area contributed by atoms with E-state index in [1.54, 1.807) is 0 Å². The number of hydrogen-bond donors (Lipinski definition) is 1. The van der Waals surface area contributed by atoms with Crippen molar-refractivity contribution in [1.82, 2.24) is 5.32 Å². The second kappa shape index (κ2) is 6.49. The Bertz CT molecular complexity index is 162. The van der Waals surface area contributed by atoms with Gasteiger partial charge in [0.25, 0.3) is 0 Å². The van der Waals surface area contributed by atoms with Crippen LogP contribution in [0.3, 0.4) is 0 Å². The van der Waals surface area contributed by atoms with Gasteiger partial charge in [-0.15, -0.1) is 0 Å². The fourth-order valence-corrected chi connectivity index (χ4v) is 2.07. The largest absolute Gasteiger partial charge is 0.381 e. The third kappa shape index (κ3) is 5.53. The molecule has 2 nitrogen and oxygen atoms in total. The first-order valence-corrected chi connectivity index (χ1v) is 6.41. The maximum atomic E-state index is 5.40. The minimum absolute atomic E-state index is 0.482. The summed E-state index contributed by atoms with van der Waals surface area (Å²) in [5.74, 6) is 0.838. The normalized spacial score (nSPS) is 20.8. The summed E-state index contributed by atoms with van der Waals surface area (Å²) >= 11 is 0. The zero-order chi connectivity index (χ0) is 11.1. The standard InChI is InChI=1S/C13H27NO/c1-12(2)5-4-8-14-11-13(3)6-9-15-10-7-13/h12,14H,4-11H2,1-3H3. The van der Waals surface area contributed by atoms with Gasteiger partial charge in [0.1, 0.15) is 0 Å². The fraction of sp³-hybridized carbons (Fsp3) is 1.00. The second-order valence-electron chi connectivity index (χ2n) is 5.64. The molecule has 0 aromatic carbocycles. The van der Waals surface area contributed by atoms with E-state index in [4.69, 9.17) is 4.74 Å². The monoisotopic (exact) mass is 213 g/mol. The Morgan fingerprint density at radius 3 is 2.53 bits per heavy atom. The predicted octanol–water partition coefficient (Wildman–Crippen LogP) is 2.83. The molecule has 15 heavy (non-hydrogen) atoms. The summed E-state index contributed by atoms with van der Waals surface area (Å²) in [4.78, 5) is 0. The maximum Gasteiger partial charge on any atom is 0.0471 e. The van der Waals surface area contributed by atoms with Crippen molar-refractivity contribution in [2.45, 2.75) is 46.5 Å². The summed E-state index contributed by atoms with van der Waals surface area (Å²) < 4.78 is 5.40. The Kier molecular flexibility index (Phi) is 5.62. The van der Waals surface area contributed by atoms with E-state index in [2.05, 4.69) is 26.1 Å². The average Bonchev–Trinajstić information content (AvgIpc) is 2.17. The molecule has 0 aliphatic carbocycles. The average molecular weight is 213 g/mol. The molecule has 0 unspecified atom stereocenters. The van der Waals surface area contributed by atoms with Crippen LogP contribution in [0.1, 0.15) is 46.5 Å². The van der Waals surface area contributed by atoms with Gasteiger partial charge in [0, 0.05) is 19.8 Å². The Morgan fingerprint density at radius 2 is 1.93 bits per heavy atom. The molecule has 90 valence electrons. The van der Waals surface area contributed by atoms with E-state index < -0.39 is 0 Å². The summed E-state index contributed by atoms with van der Waals surface area (Å²) in [6.07, 6.45) is 5.07. The molecule has 2 heteroatoms. The molecule has 1 fully saturated rings. The van der Waals surface area contributed by atoms with Crippen molar-refractivity contribution in [2.24, 2.45) is 11.3 Å². The number of rotatable bonds is 6. The minimum atomic E-state index is 0.482. The third-order valence-electron chi connectivity index (χ3n) is 3.39. The molecule has 0 bridgehead atoms. The molecule has 0 aromatic heterocycles. The highest BCUT2D eigenvalue weighted by Gasteiger charge is 2.26.